The summed E-state index contributed by atoms with van der Waals surface area (Å²) in [6.45, 7) is 9.55. The number of ether oxygens (including phenoxy) is 1. The van der Waals surface area contributed by atoms with E-state index in [2.05, 4.69) is 34.7 Å². The number of carbonyl (C=O) groups excluding carboxylic acids is 1. The van der Waals surface area contributed by atoms with E-state index in [9.17, 15) is 4.79 Å². The van der Waals surface area contributed by atoms with Gasteiger partial charge in [0.25, 0.3) is 0 Å². The predicted molar refractivity (Wildman–Crippen MR) is 101 cm³/mol. The Hall–Kier alpha value is -0.910. The SMILES string of the molecule is CC(C)COC1CCN(C(C)C(=O)N(C)Cc2ccc(Br)cc2)C1. The highest BCUT2D eigenvalue weighted by atomic mass is 79.9. The molecule has 1 heterocycles. The van der Waals surface area contributed by atoms with Gasteiger partial charge < -0.3 is 9.64 Å². The van der Waals surface area contributed by atoms with Crippen molar-refractivity contribution in [3.63, 3.8) is 0 Å². The second-order valence-corrected chi connectivity index (χ2v) is 8.05. The normalized spacial score (nSPS) is 19.7. The van der Waals surface area contributed by atoms with Crippen LogP contribution in [0.2, 0.25) is 0 Å². The second-order valence-electron chi connectivity index (χ2n) is 7.13. The number of nitrogens with zero attached hydrogens (tertiary/aromatic N) is 2. The minimum Gasteiger partial charge on any atom is -0.377 e. The molecule has 1 aliphatic rings. The van der Waals surface area contributed by atoms with Crippen molar-refractivity contribution in [3.05, 3.63) is 34.3 Å². The van der Waals surface area contributed by atoms with Crippen LogP contribution in [0, 0.1) is 5.92 Å². The number of amides is 1. The zero-order valence-corrected chi connectivity index (χ0v) is 16.8. The van der Waals surface area contributed by atoms with Crippen LogP contribution in [0.3, 0.4) is 0 Å². The molecule has 4 nitrogen and oxygen atoms in total. The molecule has 134 valence electrons. The first-order valence-electron chi connectivity index (χ1n) is 8.72. The third kappa shape index (κ3) is 5.57. The van der Waals surface area contributed by atoms with E-state index in [0.29, 0.717) is 12.5 Å². The van der Waals surface area contributed by atoms with Gasteiger partial charge in [-0.1, -0.05) is 41.9 Å². The molecule has 1 amide bonds. The lowest BCUT2D eigenvalue weighted by Gasteiger charge is -2.28. The van der Waals surface area contributed by atoms with Gasteiger partial charge in [0.05, 0.1) is 12.1 Å². The Labute approximate surface area is 154 Å². The molecule has 0 aromatic heterocycles. The average Bonchev–Trinajstić information content (AvgIpc) is 3.02. The zero-order chi connectivity index (χ0) is 17.7. The number of halogens is 1. The number of hydrogen-bond acceptors (Lipinski definition) is 3. The minimum absolute atomic E-state index is 0.0990. The number of likely N-dealkylation sites (tertiary alicyclic amines) is 1. The van der Waals surface area contributed by atoms with Gasteiger partial charge in [0.15, 0.2) is 0 Å². The monoisotopic (exact) mass is 396 g/mol. The van der Waals surface area contributed by atoms with Crippen LogP contribution >= 0.6 is 15.9 Å². The van der Waals surface area contributed by atoms with E-state index in [1.54, 1.807) is 0 Å². The first-order chi connectivity index (χ1) is 11.4. The fourth-order valence-electron chi connectivity index (χ4n) is 2.99. The average molecular weight is 397 g/mol. The summed E-state index contributed by atoms with van der Waals surface area (Å²) in [6, 6.07) is 8.01. The number of rotatable bonds is 7. The number of likely N-dealkylation sites (N-methyl/N-ethyl adjacent to an activating group) is 1. The van der Waals surface area contributed by atoms with Crippen LogP contribution in [0.25, 0.3) is 0 Å². The van der Waals surface area contributed by atoms with Crippen LogP contribution in [-0.2, 0) is 16.1 Å². The molecule has 0 spiro atoms. The van der Waals surface area contributed by atoms with Crippen molar-refractivity contribution >= 4 is 21.8 Å². The van der Waals surface area contributed by atoms with Crippen LogP contribution in [-0.4, -0.2) is 54.6 Å². The van der Waals surface area contributed by atoms with Crippen molar-refractivity contribution in [2.75, 3.05) is 26.7 Å². The maximum absolute atomic E-state index is 12.7. The van der Waals surface area contributed by atoms with E-state index in [1.165, 1.54) is 0 Å². The first-order valence-corrected chi connectivity index (χ1v) is 9.51. The molecule has 2 rings (SSSR count). The molecule has 0 aliphatic carbocycles. The standard InChI is InChI=1S/C19H29BrN2O2/c1-14(2)13-24-18-9-10-22(12-18)15(3)19(23)21(4)11-16-5-7-17(20)8-6-16/h5-8,14-15,18H,9-13H2,1-4H3. The Balaban J connectivity index is 1.84. The fourth-order valence-corrected chi connectivity index (χ4v) is 3.25. The highest BCUT2D eigenvalue weighted by molar-refractivity contribution is 9.10. The number of hydrogen-bond donors (Lipinski definition) is 0. The van der Waals surface area contributed by atoms with E-state index in [-0.39, 0.29) is 18.1 Å². The molecule has 0 N–H and O–H groups in total. The lowest BCUT2D eigenvalue weighted by Crippen LogP contribution is -2.45. The number of carbonyl (C=O) groups is 1. The smallest absolute Gasteiger partial charge is 0.239 e. The third-order valence-electron chi connectivity index (χ3n) is 4.46. The quantitative estimate of drug-likeness (QED) is 0.706. The molecule has 2 unspecified atom stereocenters. The fraction of sp³-hybridized carbons (Fsp3) is 0.632. The van der Waals surface area contributed by atoms with Gasteiger partial charge in [0, 0.05) is 37.8 Å². The summed E-state index contributed by atoms with van der Waals surface area (Å²) in [7, 11) is 1.88. The van der Waals surface area contributed by atoms with Gasteiger partial charge in [-0.3, -0.25) is 9.69 Å². The molecule has 0 bridgehead atoms. The van der Waals surface area contributed by atoms with E-state index >= 15 is 0 Å². The maximum Gasteiger partial charge on any atom is 0.239 e. The molecule has 0 radical (unpaired) electrons. The van der Waals surface area contributed by atoms with Crippen molar-refractivity contribution in [2.24, 2.45) is 5.92 Å². The van der Waals surface area contributed by atoms with Crippen LogP contribution in [0.5, 0.6) is 0 Å². The largest absolute Gasteiger partial charge is 0.377 e. The molecular weight excluding hydrogens is 368 g/mol. The maximum atomic E-state index is 12.7. The van der Waals surface area contributed by atoms with Crippen LogP contribution in [0.4, 0.5) is 0 Å². The number of benzene rings is 1. The molecule has 0 saturated carbocycles. The minimum atomic E-state index is -0.0990. The highest BCUT2D eigenvalue weighted by Crippen LogP contribution is 2.18. The first kappa shape index (κ1) is 19.4. The van der Waals surface area contributed by atoms with Gasteiger partial charge in [0.2, 0.25) is 5.91 Å². The summed E-state index contributed by atoms with van der Waals surface area (Å²) < 4.78 is 6.97. The van der Waals surface area contributed by atoms with Crippen LogP contribution in [0.15, 0.2) is 28.7 Å². The van der Waals surface area contributed by atoms with Crippen molar-refractivity contribution < 1.29 is 9.53 Å². The van der Waals surface area contributed by atoms with Gasteiger partial charge in [-0.2, -0.15) is 0 Å². The summed E-state index contributed by atoms with van der Waals surface area (Å²) >= 11 is 3.44. The summed E-state index contributed by atoms with van der Waals surface area (Å²) in [5.41, 5.74) is 1.14. The Kier molecular flexibility index (Phi) is 7.26. The summed E-state index contributed by atoms with van der Waals surface area (Å²) in [4.78, 5) is 16.8. The molecule has 1 saturated heterocycles. The van der Waals surface area contributed by atoms with Gasteiger partial charge >= 0.3 is 0 Å². The Morgan fingerprint density at radius 1 is 1.33 bits per heavy atom. The molecule has 2 atom stereocenters. The Morgan fingerprint density at radius 2 is 2.00 bits per heavy atom. The van der Waals surface area contributed by atoms with Gasteiger partial charge in [-0.15, -0.1) is 0 Å². The van der Waals surface area contributed by atoms with Crippen molar-refractivity contribution in [2.45, 2.75) is 45.9 Å². The van der Waals surface area contributed by atoms with Gasteiger partial charge in [0.1, 0.15) is 0 Å². The molecule has 5 heteroatoms. The summed E-state index contributed by atoms with van der Waals surface area (Å²) in [5, 5.41) is 0. The lowest BCUT2D eigenvalue weighted by molar-refractivity contribution is -0.135. The summed E-state index contributed by atoms with van der Waals surface area (Å²) in [5.74, 6) is 0.720. The molecule has 1 aliphatic heterocycles. The molecular formula is C19H29BrN2O2. The Bertz CT molecular complexity index is 533. The van der Waals surface area contributed by atoms with Crippen molar-refractivity contribution in [1.82, 2.24) is 9.80 Å². The highest BCUT2D eigenvalue weighted by Gasteiger charge is 2.31. The lowest BCUT2D eigenvalue weighted by atomic mass is 10.2. The molecule has 1 fully saturated rings. The van der Waals surface area contributed by atoms with E-state index in [1.807, 2.05) is 43.1 Å². The zero-order valence-electron chi connectivity index (χ0n) is 15.2. The van der Waals surface area contributed by atoms with E-state index < -0.39 is 0 Å². The van der Waals surface area contributed by atoms with Crippen LogP contribution < -0.4 is 0 Å². The van der Waals surface area contributed by atoms with Crippen LogP contribution in [0.1, 0.15) is 32.8 Å². The molecule has 24 heavy (non-hydrogen) atoms. The topological polar surface area (TPSA) is 32.8 Å². The summed E-state index contributed by atoms with van der Waals surface area (Å²) in [6.07, 6.45) is 1.28. The van der Waals surface area contributed by atoms with Gasteiger partial charge in [-0.25, -0.2) is 0 Å². The Morgan fingerprint density at radius 3 is 2.62 bits per heavy atom. The van der Waals surface area contributed by atoms with E-state index in [0.717, 1.165) is 36.2 Å². The predicted octanol–water partition coefficient (Wildman–Crippen LogP) is 3.54. The second kappa shape index (κ2) is 8.97. The van der Waals surface area contributed by atoms with Crippen molar-refractivity contribution in [3.8, 4) is 0 Å². The van der Waals surface area contributed by atoms with Crippen molar-refractivity contribution in [1.29, 1.82) is 0 Å². The third-order valence-corrected chi connectivity index (χ3v) is 4.98. The molecule has 1 aromatic rings. The van der Waals surface area contributed by atoms with E-state index in [4.69, 9.17) is 4.74 Å². The molecule has 1 aromatic carbocycles. The van der Waals surface area contributed by atoms with Gasteiger partial charge in [-0.05, 0) is 37.0 Å².